The Morgan fingerprint density at radius 1 is 0.864 bits per heavy atom. The van der Waals surface area contributed by atoms with Crippen LogP contribution in [-0.4, -0.2) is 5.91 Å². The Kier molecular flexibility index (Phi) is 3.92. The number of furan rings is 1. The van der Waals surface area contributed by atoms with Gasteiger partial charge in [0.15, 0.2) is 5.76 Å². The standard InChI is InChI=1S/C18H16N2O2/c1-13-11-12-22-17(13)18(21)20-16-9-7-15(8-10-16)19-14-5-3-2-4-6-14/h2-12,19H,1H3,(H,20,21). The van der Waals surface area contributed by atoms with Crippen molar-refractivity contribution in [3.63, 3.8) is 0 Å². The molecule has 110 valence electrons. The molecule has 4 nitrogen and oxygen atoms in total. The third-order valence-corrected chi connectivity index (χ3v) is 3.27. The average Bonchev–Trinajstić information content (AvgIpc) is 2.96. The number of aryl methyl sites for hydroxylation is 1. The summed E-state index contributed by atoms with van der Waals surface area (Å²) < 4.78 is 5.18. The number of amides is 1. The van der Waals surface area contributed by atoms with E-state index in [1.165, 1.54) is 6.26 Å². The van der Waals surface area contributed by atoms with Crippen LogP contribution in [0.1, 0.15) is 16.1 Å². The molecule has 0 unspecified atom stereocenters. The zero-order chi connectivity index (χ0) is 15.4. The highest BCUT2D eigenvalue weighted by Gasteiger charge is 2.12. The van der Waals surface area contributed by atoms with E-state index in [4.69, 9.17) is 4.42 Å². The summed E-state index contributed by atoms with van der Waals surface area (Å²) in [6.45, 7) is 1.84. The van der Waals surface area contributed by atoms with Crippen molar-refractivity contribution in [2.45, 2.75) is 6.92 Å². The first kappa shape index (κ1) is 13.9. The largest absolute Gasteiger partial charge is 0.459 e. The highest BCUT2D eigenvalue weighted by molar-refractivity contribution is 6.03. The lowest BCUT2D eigenvalue weighted by Gasteiger charge is -2.08. The third kappa shape index (κ3) is 3.17. The Morgan fingerprint density at radius 3 is 2.14 bits per heavy atom. The Labute approximate surface area is 128 Å². The van der Waals surface area contributed by atoms with Gasteiger partial charge >= 0.3 is 0 Å². The highest BCUT2D eigenvalue weighted by atomic mass is 16.3. The summed E-state index contributed by atoms with van der Waals surface area (Å²) in [7, 11) is 0. The molecule has 0 fully saturated rings. The number of benzene rings is 2. The number of rotatable bonds is 4. The van der Waals surface area contributed by atoms with E-state index in [0.29, 0.717) is 5.76 Å². The quantitative estimate of drug-likeness (QED) is 0.739. The maximum atomic E-state index is 12.1. The first-order valence-electron chi connectivity index (χ1n) is 7.00. The molecule has 0 bridgehead atoms. The van der Waals surface area contributed by atoms with Gasteiger partial charge < -0.3 is 15.1 Å². The molecule has 0 aliphatic rings. The molecule has 2 aromatic carbocycles. The van der Waals surface area contributed by atoms with Crippen LogP contribution in [0.25, 0.3) is 0 Å². The van der Waals surface area contributed by atoms with Crippen molar-refractivity contribution in [3.8, 4) is 0 Å². The van der Waals surface area contributed by atoms with Gasteiger partial charge in [0.1, 0.15) is 0 Å². The van der Waals surface area contributed by atoms with Gasteiger partial charge in [-0.1, -0.05) is 18.2 Å². The summed E-state index contributed by atoms with van der Waals surface area (Å²) in [5.74, 6) is 0.0951. The van der Waals surface area contributed by atoms with Gasteiger partial charge in [0.2, 0.25) is 0 Å². The summed E-state index contributed by atoms with van der Waals surface area (Å²) in [5, 5.41) is 6.11. The van der Waals surface area contributed by atoms with Crippen molar-refractivity contribution in [1.82, 2.24) is 0 Å². The van der Waals surface area contributed by atoms with Crippen LogP contribution in [-0.2, 0) is 0 Å². The Bertz CT molecular complexity index is 761. The lowest BCUT2D eigenvalue weighted by Crippen LogP contribution is -2.11. The van der Waals surface area contributed by atoms with Crippen molar-refractivity contribution in [1.29, 1.82) is 0 Å². The minimum atomic E-state index is -0.244. The van der Waals surface area contributed by atoms with Crippen LogP contribution in [0.15, 0.2) is 71.3 Å². The van der Waals surface area contributed by atoms with Gasteiger partial charge in [-0.05, 0) is 49.4 Å². The number of nitrogens with one attached hydrogen (secondary N) is 2. The van der Waals surface area contributed by atoms with E-state index in [1.807, 2.05) is 61.5 Å². The molecule has 1 aromatic heterocycles. The monoisotopic (exact) mass is 292 g/mol. The molecule has 0 spiro atoms. The van der Waals surface area contributed by atoms with E-state index in [1.54, 1.807) is 6.07 Å². The molecule has 1 amide bonds. The molecule has 0 saturated heterocycles. The van der Waals surface area contributed by atoms with Gasteiger partial charge in [0, 0.05) is 22.6 Å². The average molecular weight is 292 g/mol. The smallest absolute Gasteiger partial charge is 0.291 e. The van der Waals surface area contributed by atoms with Crippen molar-refractivity contribution in [3.05, 3.63) is 78.3 Å². The first-order valence-corrected chi connectivity index (χ1v) is 7.00. The van der Waals surface area contributed by atoms with Gasteiger partial charge in [0.25, 0.3) is 5.91 Å². The van der Waals surface area contributed by atoms with E-state index in [-0.39, 0.29) is 5.91 Å². The van der Waals surface area contributed by atoms with Crippen LogP contribution in [0, 0.1) is 6.92 Å². The van der Waals surface area contributed by atoms with Gasteiger partial charge in [-0.3, -0.25) is 4.79 Å². The molecule has 3 rings (SSSR count). The first-order chi connectivity index (χ1) is 10.7. The summed E-state index contributed by atoms with van der Waals surface area (Å²) in [5.41, 5.74) is 3.52. The Balaban J connectivity index is 1.67. The Hall–Kier alpha value is -3.01. The molecule has 22 heavy (non-hydrogen) atoms. The fourth-order valence-corrected chi connectivity index (χ4v) is 2.12. The molecule has 0 aliphatic carbocycles. The van der Waals surface area contributed by atoms with Crippen LogP contribution in [0.4, 0.5) is 17.1 Å². The van der Waals surface area contributed by atoms with E-state index in [2.05, 4.69) is 10.6 Å². The van der Waals surface area contributed by atoms with Crippen molar-refractivity contribution < 1.29 is 9.21 Å². The fraction of sp³-hybridized carbons (Fsp3) is 0.0556. The molecule has 0 saturated carbocycles. The molecule has 1 heterocycles. The molecule has 0 radical (unpaired) electrons. The number of para-hydroxylation sites is 1. The molecular formula is C18H16N2O2. The van der Waals surface area contributed by atoms with Crippen molar-refractivity contribution in [2.75, 3.05) is 10.6 Å². The van der Waals surface area contributed by atoms with Crippen LogP contribution in [0.3, 0.4) is 0 Å². The van der Waals surface area contributed by atoms with Gasteiger partial charge in [-0.25, -0.2) is 0 Å². The molecule has 2 N–H and O–H groups in total. The lowest BCUT2D eigenvalue weighted by molar-refractivity contribution is 0.0996. The minimum absolute atomic E-state index is 0.244. The number of hydrogen-bond acceptors (Lipinski definition) is 3. The minimum Gasteiger partial charge on any atom is -0.459 e. The van der Waals surface area contributed by atoms with Crippen LogP contribution in [0.5, 0.6) is 0 Å². The lowest BCUT2D eigenvalue weighted by atomic mass is 10.2. The number of anilines is 3. The van der Waals surface area contributed by atoms with E-state index in [9.17, 15) is 4.79 Å². The van der Waals surface area contributed by atoms with Gasteiger partial charge in [-0.15, -0.1) is 0 Å². The molecule has 3 aromatic rings. The maximum Gasteiger partial charge on any atom is 0.291 e. The second-order valence-corrected chi connectivity index (χ2v) is 4.96. The maximum absolute atomic E-state index is 12.1. The molecule has 0 atom stereocenters. The summed E-state index contributed by atoms with van der Waals surface area (Å²) in [6.07, 6.45) is 1.51. The predicted molar refractivity (Wildman–Crippen MR) is 87.6 cm³/mol. The van der Waals surface area contributed by atoms with E-state index < -0.39 is 0 Å². The predicted octanol–water partition coefficient (Wildman–Crippen LogP) is 4.58. The van der Waals surface area contributed by atoms with Crippen LogP contribution in [0.2, 0.25) is 0 Å². The molecule has 4 heteroatoms. The fourth-order valence-electron chi connectivity index (χ4n) is 2.12. The number of carbonyl (C=O) groups excluding carboxylic acids is 1. The summed E-state index contributed by atoms with van der Waals surface area (Å²) >= 11 is 0. The molecular weight excluding hydrogens is 276 g/mol. The van der Waals surface area contributed by atoms with Crippen molar-refractivity contribution >= 4 is 23.0 Å². The number of hydrogen-bond donors (Lipinski definition) is 2. The highest BCUT2D eigenvalue weighted by Crippen LogP contribution is 2.19. The Morgan fingerprint density at radius 2 is 1.50 bits per heavy atom. The summed E-state index contributed by atoms with van der Waals surface area (Å²) in [4.78, 5) is 12.1. The zero-order valence-electron chi connectivity index (χ0n) is 12.2. The normalized spacial score (nSPS) is 10.2. The van der Waals surface area contributed by atoms with Crippen LogP contribution < -0.4 is 10.6 Å². The SMILES string of the molecule is Cc1ccoc1C(=O)Nc1ccc(Nc2ccccc2)cc1. The second kappa shape index (κ2) is 6.18. The molecule has 0 aliphatic heterocycles. The zero-order valence-corrected chi connectivity index (χ0v) is 12.2. The second-order valence-electron chi connectivity index (χ2n) is 4.96. The van der Waals surface area contributed by atoms with E-state index >= 15 is 0 Å². The summed E-state index contributed by atoms with van der Waals surface area (Å²) in [6, 6.07) is 19.2. The van der Waals surface area contributed by atoms with E-state index in [0.717, 1.165) is 22.6 Å². The van der Waals surface area contributed by atoms with Crippen LogP contribution >= 0.6 is 0 Å². The van der Waals surface area contributed by atoms with Gasteiger partial charge in [0.05, 0.1) is 6.26 Å². The number of carbonyl (C=O) groups is 1. The van der Waals surface area contributed by atoms with Crippen molar-refractivity contribution in [2.24, 2.45) is 0 Å². The van der Waals surface area contributed by atoms with Gasteiger partial charge in [-0.2, -0.15) is 0 Å². The third-order valence-electron chi connectivity index (χ3n) is 3.27. The topological polar surface area (TPSA) is 54.3 Å².